The number of hydrogen-bond donors (Lipinski definition) is 0. The minimum Gasteiger partial charge on any atom is -0.490 e. The summed E-state index contributed by atoms with van der Waals surface area (Å²) in [5, 5.41) is 0.654. The maximum absolute atomic E-state index is 5.73. The molecule has 12 heavy (non-hydrogen) atoms. The summed E-state index contributed by atoms with van der Waals surface area (Å²) < 4.78 is 10.1. The van der Waals surface area contributed by atoms with Crippen LogP contribution in [0.4, 0.5) is 0 Å². The Labute approximate surface area is 77.1 Å². The molecule has 0 atom stereocenters. The van der Waals surface area contributed by atoms with Crippen LogP contribution >= 0.6 is 11.6 Å². The van der Waals surface area contributed by atoms with E-state index in [0.29, 0.717) is 24.0 Å². The number of ether oxygens (including phenoxy) is 2. The molecule has 2 nitrogen and oxygen atoms in total. The van der Waals surface area contributed by atoms with Gasteiger partial charge in [0.15, 0.2) is 0 Å². The minimum absolute atomic E-state index is 0.521. The zero-order chi connectivity index (χ0) is 8.81. The third-order valence-corrected chi connectivity index (χ3v) is 1.52. The SMILES string of the molecule is COCCOc1[c]ccc(Cl)c1. The molecule has 0 saturated carbocycles. The summed E-state index contributed by atoms with van der Waals surface area (Å²) in [6.45, 7) is 1.09. The van der Waals surface area contributed by atoms with Gasteiger partial charge >= 0.3 is 0 Å². The van der Waals surface area contributed by atoms with E-state index in [0.717, 1.165) is 0 Å². The highest BCUT2D eigenvalue weighted by Crippen LogP contribution is 2.15. The molecule has 0 saturated heterocycles. The van der Waals surface area contributed by atoms with Gasteiger partial charge in [-0.3, -0.25) is 0 Å². The predicted molar refractivity (Wildman–Crippen MR) is 47.7 cm³/mol. The summed E-state index contributed by atoms with van der Waals surface area (Å²) in [4.78, 5) is 0. The second-order valence-corrected chi connectivity index (χ2v) is 2.65. The van der Waals surface area contributed by atoms with Crippen molar-refractivity contribution in [2.45, 2.75) is 0 Å². The van der Waals surface area contributed by atoms with Crippen LogP contribution < -0.4 is 4.74 Å². The summed E-state index contributed by atoms with van der Waals surface area (Å²) in [6.07, 6.45) is 0. The van der Waals surface area contributed by atoms with Crippen molar-refractivity contribution in [3.8, 4) is 5.75 Å². The Kier molecular flexibility index (Phi) is 3.91. The van der Waals surface area contributed by atoms with Crippen LogP contribution in [0, 0.1) is 6.07 Å². The van der Waals surface area contributed by atoms with Crippen molar-refractivity contribution in [1.82, 2.24) is 0 Å². The molecule has 0 unspecified atom stereocenters. The van der Waals surface area contributed by atoms with E-state index in [-0.39, 0.29) is 0 Å². The fraction of sp³-hybridized carbons (Fsp3) is 0.333. The van der Waals surface area contributed by atoms with Crippen molar-refractivity contribution in [2.75, 3.05) is 20.3 Å². The molecule has 0 amide bonds. The van der Waals surface area contributed by atoms with E-state index in [2.05, 4.69) is 6.07 Å². The first-order valence-corrected chi connectivity index (χ1v) is 3.99. The predicted octanol–water partition coefficient (Wildman–Crippen LogP) is 2.17. The van der Waals surface area contributed by atoms with Crippen molar-refractivity contribution < 1.29 is 9.47 Å². The molecule has 0 aliphatic carbocycles. The Morgan fingerprint density at radius 2 is 2.33 bits per heavy atom. The molecular formula is C9H10ClO2. The first-order valence-electron chi connectivity index (χ1n) is 3.62. The third kappa shape index (κ3) is 3.11. The average Bonchev–Trinajstić information content (AvgIpc) is 2.05. The highest BCUT2D eigenvalue weighted by Gasteiger charge is 1.93. The largest absolute Gasteiger partial charge is 0.490 e. The van der Waals surface area contributed by atoms with Gasteiger partial charge in [0.05, 0.1) is 6.61 Å². The highest BCUT2D eigenvalue weighted by molar-refractivity contribution is 6.30. The van der Waals surface area contributed by atoms with Crippen LogP contribution in [0.1, 0.15) is 0 Å². The van der Waals surface area contributed by atoms with Crippen LogP contribution in [0.2, 0.25) is 5.02 Å². The summed E-state index contributed by atoms with van der Waals surface area (Å²) in [7, 11) is 1.63. The van der Waals surface area contributed by atoms with E-state index in [1.807, 2.05) is 0 Å². The second-order valence-electron chi connectivity index (χ2n) is 2.21. The number of benzene rings is 1. The first kappa shape index (κ1) is 9.36. The molecule has 1 aromatic rings. The van der Waals surface area contributed by atoms with Gasteiger partial charge in [-0.05, 0) is 18.2 Å². The standard InChI is InChI=1S/C9H10ClO2/c1-11-5-6-12-9-4-2-3-8(10)7-9/h2-3,7H,5-6H2,1H3. The molecule has 1 radical (unpaired) electrons. The molecular weight excluding hydrogens is 176 g/mol. The molecule has 1 aromatic carbocycles. The molecule has 0 fully saturated rings. The maximum atomic E-state index is 5.73. The molecule has 0 bridgehead atoms. The van der Waals surface area contributed by atoms with Crippen LogP contribution in [-0.4, -0.2) is 20.3 Å². The number of halogens is 1. The Balaban J connectivity index is 2.41. The zero-order valence-corrected chi connectivity index (χ0v) is 7.60. The lowest BCUT2D eigenvalue weighted by molar-refractivity contribution is 0.146. The third-order valence-electron chi connectivity index (χ3n) is 1.28. The average molecular weight is 186 g/mol. The van der Waals surface area contributed by atoms with Gasteiger partial charge in [0.25, 0.3) is 0 Å². The molecule has 0 spiro atoms. The van der Waals surface area contributed by atoms with Crippen LogP contribution in [0.25, 0.3) is 0 Å². The normalized spacial score (nSPS) is 9.83. The summed E-state index contributed by atoms with van der Waals surface area (Å²) >= 11 is 5.73. The second kappa shape index (κ2) is 5.01. The van der Waals surface area contributed by atoms with Crippen molar-refractivity contribution >= 4 is 11.6 Å². The number of rotatable bonds is 4. The van der Waals surface area contributed by atoms with Crippen molar-refractivity contribution in [1.29, 1.82) is 0 Å². The van der Waals surface area contributed by atoms with Crippen molar-refractivity contribution in [2.24, 2.45) is 0 Å². The van der Waals surface area contributed by atoms with Crippen molar-refractivity contribution in [3.63, 3.8) is 0 Å². The van der Waals surface area contributed by atoms with E-state index in [9.17, 15) is 0 Å². The summed E-state index contributed by atoms with van der Waals surface area (Å²) in [6, 6.07) is 8.11. The highest BCUT2D eigenvalue weighted by atomic mass is 35.5. The molecule has 0 aliphatic rings. The first-order chi connectivity index (χ1) is 5.83. The van der Waals surface area contributed by atoms with Gasteiger partial charge < -0.3 is 9.47 Å². The van der Waals surface area contributed by atoms with Gasteiger partial charge in [-0.15, -0.1) is 0 Å². The summed E-state index contributed by atoms with van der Waals surface area (Å²) in [5.74, 6) is 0.652. The van der Waals surface area contributed by atoms with Gasteiger partial charge in [0.2, 0.25) is 0 Å². The fourth-order valence-corrected chi connectivity index (χ4v) is 0.899. The molecule has 0 aromatic heterocycles. The van der Waals surface area contributed by atoms with Crippen LogP contribution in [-0.2, 0) is 4.74 Å². The molecule has 3 heteroatoms. The molecule has 0 aliphatic heterocycles. The molecule has 1 rings (SSSR count). The Bertz CT molecular complexity index is 238. The lowest BCUT2D eigenvalue weighted by Gasteiger charge is -2.04. The lowest BCUT2D eigenvalue weighted by atomic mass is 10.3. The number of hydrogen-bond acceptors (Lipinski definition) is 2. The maximum Gasteiger partial charge on any atom is 0.128 e. The van der Waals surface area contributed by atoms with E-state index in [4.69, 9.17) is 21.1 Å². The van der Waals surface area contributed by atoms with Gasteiger partial charge in [0.1, 0.15) is 12.4 Å². The molecule has 65 valence electrons. The van der Waals surface area contributed by atoms with Crippen LogP contribution in [0.3, 0.4) is 0 Å². The summed E-state index contributed by atoms with van der Waals surface area (Å²) in [5.41, 5.74) is 0. The quantitative estimate of drug-likeness (QED) is 0.670. The molecule has 0 heterocycles. The lowest BCUT2D eigenvalue weighted by Crippen LogP contribution is -2.03. The van der Waals surface area contributed by atoms with Gasteiger partial charge in [-0.2, -0.15) is 0 Å². The monoisotopic (exact) mass is 185 g/mol. The Hall–Kier alpha value is -0.730. The number of methoxy groups -OCH3 is 1. The zero-order valence-electron chi connectivity index (χ0n) is 6.84. The Morgan fingerprint density at radius 1 is 1.50 bits per heavy atom. The van der Waals surface area contributed by atoms with Gasteiger partial charge in [-0.1, -0.05) is 11.6 Å². The van der Waals surface area contributed by atoms with E-state index >= 15 is 0 Å². The Morgan fingerprint density at radius 3 is 3.00 bits per heavy atom. The van der Waals surface area contributed by atoms with Gasteiger partial charge in [0, 0.05) is 18.2 Å². The van der Waals surface area contributed by atoms with Crippen molar-refractivity contribution in [3.05, 3.63) is 29.3 Å². The van der Waals surface area contributed by atoms with Crippen LogP contribution in [0.5, 0.6) is 5.75 Å². The van der Waals surface area contributed by atoms with Gasteiger partial charge in [-0.25, -0.2) is 0 Å². The van der Waals surface area contributed by atoms with E-state index in [1.165, 1.54) is 0 Å². The topological polar surface area (TPSA) is 18.5 Å². The fourth-order valence-electron chi connectivity index (χ4n) is 0.737. The molecule has 0 N–H and O–H groups in total. The van der Waals surface area contributed by atoms with Crippen LogP contribution in [0.15, 0.2) is 18.2 Å². The van der Waals surface area contributed by atoms with E-state index in [1.54, 1.807) is 25.3 Å². The minimum atomic E-state index is 0.521. The smallest absolute Gasteiger partial charge is 0.128 e. The van der Waals surface area contributed by atoms with E-state index < -0.39 is 0 Å².